The number of rotatable bonds is 5. The van der Waals surface area contributed by atoms with Crippen LogP contribution >= 0.6 is 11.6 Å². The molecule has 0 unspecified atom stereocenters. The Hall–Kier alpha value is -1.67. The van der Waals surface area contributed by atoms with Gasteiger partial charge in [0, 0.05) is 17.3 Å². The molecule has 0 saturated heterocycles. The molecule has 0 radical (unpaired) electrons. The number of benzene rings is 2. The van der Waals surface area contributed by atoms with Crippen molar-refractivity contribution >= 4 is 17.3 Å². The van der Waals surface area contributed by atoms with E-state index in [-0.39, 0.29) is 6.10 Å². The van der Waals surface area contributed by atoms with Crippen molar-refractivity contribution in [1.29, 1.82) is 0 Å². The number of anilines is 1. The highest BCUT2D eigenvalue weighted by Crippen LogP contribution is 2.21. The molecule has 0 bridgehead atoms. The van der Waals surface area contributed by atoms with E-state index in [1.165, 1.54) is 5.56 Å². The van der Waals surface area contributed by atoms with Crippen molar-refractivity contribution in [3.63, 3.8) is 0 Å². The number of aryl methyl sites for hydroxylation is 1. The highest BCUT2D eigenvalue weighted by molar-refractivity contribution is 6.30. The maximum atomic E-state index is 5.95. The van der Waals surface area contributed by atoms with Gasteiger partial charge in [0.1, 0.15) is 5.75 Å². The number of nitrogens with one attached hydrogen (secondary N) is 1. The van der Waals surface area contributed by atoms with Crippen LogP contribution in [0.4, 0.5) is 5.69 Å². The van der Waals surface area contributed by atoms with Crippen LogP contribution in [0.1, 0.15) is 25.0 Å². The molecule has 0 amide bonds. The first-order valence-corrected chi connectivity index (χ1v) is 7.18. The number of hydrogen-bond donors (Lipinski definition) is 1. The third-order valence-electron chi connectivity index (χ3n) is 2.97. The van der Waals surface area contributed by atoms with Crippen molar-refractivity contribution < 1.29 is 4.74 Å². The minimum Gasteiger partial charge on any atom is -0.491 e. The van der Waals surface area contributed by atoms with Gasteiger partial charge in [-0.3, -0.25) is 0 Å². The van der Waals surface area contributed by atoms with Crippen molar-refractivity contribution in [1.82, 2.24) is 0 Å². The minimum atomic E-state index is 0.204. The topological polar surface area (TPSA) is 21.3 Å². The summed E-state index contributed by atoms with van der Waals surface area (Å²) in [6, 6.07) is 14.0. The van der Waals surface area contributed by atoms with Crippen molar-refractivity contribution in [2.75, 3.05) is 5.32 Å². The molecule has 3 heteroatoms. The first kappa shape index (κ1) is 14.7. The molecular weight excluding hydrogens is 270 g/mol. The van der Waals surface area contributed by atoms with Gasteiger partial charge < -0.3 is 10.1 Å². The van der Waals surface area contributed by atoms with Gasteiger partial charge in [0.05, 0.1) is 6.10 Å². The third-order valence-corrected chi connectivity index (χ3v) is 3.20. The van der Waals surface area contributed by atoms with Crippen LogP contribution in [0.3, 0.4) is 0 Å². The maximum absolute atomic E-state index is 5.95. The summed E-state index contributed by atoms with van der Waals surface area (Å²) in [7, 11) is 0. The average molecular weight is 290 g/mol. The quantitative estimate of drug-likeness (QED) is 0.832. The van der Waals surface area contributed by atoms with Gasteiger partial charge in [-0.1, -0.05) is 23.7 Å². The molecule has 2 nitrogen and oxygen atoms in total. The Morgan fingerprint density at radius 1 is 1.10 bits per heavy atom. The Labute approximate surface area is 125 Å². The van der Waals surface area contributed by atoms with Crippen LogP contribution in [-0.4, -0.2) is 6.10 Å². The minimum absolute atomic E-state index is 0.204. The van der Waals surface area contributed by atoms with E-state index in [4.69, 9.17) is 16.3 Å². The van der Waals surface area contributed by atoms with E-state index < -0.39 is 0 Å². The van der Waals surface area contributed by atoms with E-state index in [1.54, 1.807) is 0 Å². The monoisotopic (exact) mass is 289 g/mol. The first-order valence-electron chi connectivity index (χ1n) is 6.80. The van der Waals surface area contributed by atoms with Gasteiger partial charge in [0.2, 0.25) is 0 Å². The fourth-order valence-electron chi connectivity index (χ4n) is 1.98. The fraction of sp³-hybridized carbons (Fsp3) is 0.294. The standard InChI is InChI=1S/C17H20ClNO/c1-12(2)20-16-7-4-14(5-8-16)11-19-17-9-6-15(18)10-13(17)3/h4-10,12,19H,11H2,1-3H3. The lowest BCUT2D eigenvalue weighted by Crippen LogP contribution is -2.05. The third kappa shape index (κ3) is 4.17. The van der Waals surface area contributed by atoms with Crippen molar-refractivity contribution in [3.8, 4) is 5.75 Å². The molecule has 20 heavy (non-hydrogen) atoms. The molecule has 2 rings (SSSR count). The molecular formula is C17H20ClNO. The lowest BCUT2D eigenvalue weighted by Gasteiger charge is -2.12. The number of hydrogen-bond acceptors (Lipinski definition) is 2. The van der Waals surface area contributed by atoms with Gasteiger partial charge in [-0.05, 0) is 62.2 Å². The predicted molar refractivity (Wildman–Crippen MR) is 85.7 cm³/mol. The Balaban J connectivity index is 1.96. The van der Waals surface area contributed by atoms with Gasteiger partial charge in [-0.25, -0.2) is 0 Å². The molecule has 0 saturated carbocycles. The normalized spacial score (nSPS) is 10.7. The van der Waals surface area contributed by atoms with Gasteiger partial charge in [0.25, 0.3) is 0 Å². The fourth-order valence-corrected chi connectivity index (χ4v) is 2.21. The summed E-state index contributed by atoms with van der Waals surface area (Å²) in [5.41, 5.74) is 3.48. The zero-order chi connectivity index (χ0) is 14.5. The Kier molecular flexibility index (Phi) is 4.91. The molecule has 0 fully saturated rings. The van der Waals surface area contributed by atoms with Gasteiger partial charge in [-0.15, -0.1) is 0 Å². The molecule has 0 aliphatic heterocycles. The second-order valence-corrected chi connectivity index (χ2v) is 5.56. The molecule has 0 spiro atoms. The van der Waals surface area contributed by atoms with E-state index in [0.29, 0.717) is 0 Å². The summed E-state index contributed by atoms with van der Waals surface area (Å²) >= 11 is 5.95. The summed E-state index contributed by atoms with van der Waals surface area (Å²) < 4.78 is 5.63. The van der Waals surface area contributed by atoms with E-state index in [9.17, 15) is 0 Å². The highest BCUT2D eigenvalue weighted by Gasteiger charge is 2.01. The van der Waals surface area contributed by atoms with Gasteiger partial charge in [0.15, 0.2) is 0 Å². The summed E-state index contributed by atoms with van der Waals surface area (Å²) in [5, 5.41) is 4.18. The predicted octanol–water partition coefficient (Wildman–Crippen LogP) is 5.05. The summed E-state index contributed by atoms with van der Waals surface area (Å²) in [6.07, 6.45) is 0.204. The number of halogens is 1. The van der Waals surface area contributed by atoms with Crippen LogP contribution in [-0.2, 0) is 6.54 Å². The van der Waals surface area contributed by atoms with Crippen LogP contribution in [0.15, 0.2) is 42.5 Å². The SMILES string of the molecule is Cc1cc(Cl)ccc1NCc1ccc(OC(C)C)cc1. The second-order valence-electron chi connectivity index (χ2n) is 5.12. The van der Waals surface area contributed by atoms with Crippen LogP contribution in [0.2, 0.25) is 5.02 Å². The number of ether oxygens (including phenoxy) is 1. The first-order chi connectivity index (χ1) is 9.54. The smallest absolute Gasteiger partial charge is 0.119 e. The van der Waals surface area contributed by atoms with Gasteiger partial charge >= 0.3 is 0 Å². The van der Waals surface area contributed by atoms with Crippen LogP contribution in [0, 0.1) is 6.92 Å². The van der Waals surface area contributed by atoms with E-state index in [0.717, 1.165) is 28.6 Å². The molecule has 2 aromatic carbocycles. The highest BCUT2D eigenvalue weighted by atomic mass is 35.5. The lowest BCUT2D eigenvalue weighted by molar-refractivity contribution is 0.242. The van der Waals surface area contributed by atoms with Crippen molar-refractivity contribution in [3.05, 3.63) is 58.6 Å². The summed E-state index contributed by atoms with van der Waals surface area (Å²) in [4.78, 5) is 0. The van der Waals surface area contributed by atoms with E-state index in [2.05, 4.69) is 17.4 Å². The van der Waals surface area contributed by atoms with Gasteiger partial charge in [-0.2, -0.15) is 0 Å². The Morgan fingerprint density at radius 2 is 1.80 bits per heavy atom. The van der Waals surface area contributed by atoms with Crippen molar-refractivity contribution in [2.45, 2.75) is 33.4 Å². The zero-order valence-corrected chi connectivity index (χ0v) is 12.9. The molecule has 0 aliphatic rings. The molecule has 0 atom stereocenters. The van der Waals surface area contributed by atoms with Crippen LogP contribution in [0.5, 0.6) is 5.75 Å². The van der Waals surface area contributed by atoms with E-state index >= 15 is 0 Å². The summed E-state index contributed by atoms with van der Waals surface area (Å²) in [5.74, 6) is 0.909. The molecule has 1 N–H and O–H groups in total. The molecule has 0 aliphatic carbocycles. The Bertz CT molecular complexity index is 564. The van der Waals surface area contributed by atoms with E-state index in [1.807, 2.05) is 51.1 Å². The Morgan fingerprint density at radius 3 is 2.40 bits per heavy atom. The van der Waals surface area contributed by atoms with Crippen LogP contribution in [0.25, 0.3) is 0 Å². The maximum Gasteiger partial charge on any atom is 0.119 e. The average Bonchev–Trinajstić information content (AvgIpc) is 2.39. The molecule has 106 valence electrons. The zero-order valence-electron chi connectivity index (χ0n) is 12.1. The second kappa shape index (κ2) is 6.67. The molecule has 0 heterocycles. The lowest BCUT2D eigenvalue weighted by atomic mass is 10.1. The van der Waals surface area contributed by atoms with Crippen LogP contribution < -0.4 is 10.1 Å². The largest absolute Gasteiger partial charge is 0.491 e. The van der Waals surface area contributed by atoms with Crippen molar-refractivity contribution in [2.24, 2.45) is 0 Å². The summed E-state index contributed by atoms with van der Waals surface area (Å²) in [6.45, 7) is 6.88. The molecule has 0 aromatic heterocycles. The molecule has 2 aromatic rings.